The van der Waals surface area contributed by atoms with Crippen molar-refractivity contribution in [1.29, 1.82) is 0 Å². The number of halogens is 1. The van der Waals surface area contributed by atoms with Gasteiger partial charge in [-0.1, -0.05) is 12.1 Å². The zero-order valence-electron chi connectivity index (χ0n) is 14.7. The molecule has 28 heavy (non-hydrogen) atoms. The Bertz CT molecular complexity index is 931. The lowest BCUT2D eigenvalue weighted by molar-refractivity contribution is -0.384. The Labute approximate surface area is 158 Å². The van der Waals surface area contributed by atoms with Crippen LogP contribution in [0.2, 0.25) is 0 Å². The highest BCUT2D eigenvalue weighted by Gasteiger charge is 2.14. The van der Waals surface area contributed by atoms with Crippen LogP contribution in [-0.2, 0) is 14.3 Å². The molecule has 0 aliphatic carbocycles. The molecule has 10 heteroatoms. The van der Waals surface area contributed by atoms with Crippen LogP contribution in [0.5, 0.6) is 0 Å². The van der Waals surface area contributed by atoms with Crippen LogP contribution in [0.3, 0.4) is 0 Å². The first kappa shape index (κ1) is 20.5. The summed E-state index contributed by atoms with van der Waals surface area (Å²) in [6.07, 6.45) is 0. The van der Waals surface area contributed by atoms with Crippen molar-refractivity contribution in [2.24, 2.45) is 0 Å². The van der Waals surface area contributed by atoms with Gasteiger partial charge in [0.1, 0.15) is 12.4 Å². The second-order valence-electron chi connectivity index (χ2n) is 5.68. The summed E-state index contributed by atoms with van der Waals surface area (Å²) in [7, 11) is 0. The molecule has 0 aromatic heterocycles. The van der Waals surface area contributed by atoms with Gasteiger partial charge in [-0.2, -0.15) is 0 Å². The van der Waals surface area contributed by atoms with Crippen molar-refractivity contribution in [3.63, 3.8) is 0 Å². The molecule has 0 aliphatic rings. The number of benzene rings is 2. The average Bonchev–Trinajstić information content (AvgIpc) is 2.66. The van der Waals surface area contributed by atoms with Gasteiger partial charge in [0.05, 0.1) is 10.6 Å². The Hall–Kier alpha value is -3.82. The monoisotopic (exact) mass is 389 g/mol. The maximum Gasteiger partial charge on any atom is 0.325 e. The van der Waals surface area contributed by atoms with E-state index in [1.807, 2.05) is 0 Å². The SMILES string of the molecule is Cc1ccc(NC(=O)COC(=O)CNC(=O)c2cccc([N+](=O)[O-])c2)c(F)c1. The molecule has 146 valence electrons. The van der Waals surface area contributed by atoms with Gasteiger partial charge >= 0.3 is 5.97 Å². The predicted molar refractivity (Wildman–Crippen MR) is 96.2 cm³/mol. The van der Waals surface area contributed by atoms with Crippen LogP contribution in [0, 0.1) is 22.9 Å². The molecule has 9 nitrogen and oxygen atoms in total. The summed E-state index contributed by atoms with van der Waals surface area (Å²) < 4.78 is 18.3. The van der Waals surface area contributed by atoms with Gasteiger partial charge in [-0.05, 0) is 30.7 Å². The molecule has 2 aromatic rings. The number of nitrogens with one attached hydrogen (secondary N) is 2. The molecule has 0 bridgehead atoms. The van der Waals surface area contributed by atoms with Crippen LogP contribution < -0.4 is 10.6 Å². The molecule has 0 atom stereocenters. The largest absolute Gasteiger partial charge is 0.454 e. The number of carbonyl (C=O) groups is 3. The van der Waals surface area contributed by atoms with Crippen LogP contribution in [-0.4, -0.2) is 35.9 Å². The summed E-state index contributed by atoms with van der Waals surface area (Å²) in [4.78, 5) is 45.3. The zero-order valence-corrected chi connectivity index (χ0v) is 14.7. The van der Waals surface area contributed by atoms with Crippen molar-refractivity contribution in [3.8, 4) is 0 Å². The summed E-state index contributed by atoms with van der Waals surface area (Å²) in [5.41, 5.74) is 0.358. The lowest BCUT2D eigenvalue weighted by Crippen LogP contribution is -2.32. The van der Waals surface area contributed by atoms with Gasteiger partial charge in [-0.15, -0.1) is 0 Å². The van der Waals surface area contributed by atoms with E-state index in [1.165, 1.54) is 30.3 Å². The minimum Gasteiger partial charge on any atom is -0.454 e. The first-order chi connectivity index (χ1) is 13.3. The summed E-state index contributed by atoms with van der Waals surface area (Å²) in [5.74, 6) is -2.99. The number of hydrogen-bond acceptors (Lipinski definition) is 6. The van der Waals surface area contributed by atoms with Gasteiger partial charge in [0.15, 0.2) is 6.61 Å². The molecule has 0 spiro atoms. The number of nitro groups is 1. The molecular formula is C18H16FN3O6. The van der Waals surface area contributed by atoms with Crippen molar-refractivity contribution in [1.82, 2.24) is 5.32 Å². The van der Waals surface area contributed by atoms with Crippen molar-refractivity contribution in [2.45, 2.75) is 6.92 Å². The molecule has 0 aliphatic heterocycles. The molecule has 0 unspecified atom stereocenters. The Balaban J connectivity index is 1.79. The van der Waals surface area contributed by atoms with E-state index >= 15 is 0 Å². The van der Waals surface area contributed by atoms with Gasteiger partial charge < -0.3 is 15.4 Å². The smallest absolute Gasteiger partial charge is 0.325 e. The fourth-order valence-corrected chi connectivity index (χ4v) is 2.12. The average molecular weight is 389 g/mol. The first-order valence-electron chi connectivity index (χ1n) is 8.00. The quantitative estimate of drug-likeness (QED) is 0.423. The number of aryl methyl sites for hydroxylation is 1. The second kappa shape index (κ2) is 9.21. The van der Waals surface area contributed by atoms with Crippen molar-refractivity contribution < 1.29 is 28.4 Å². The van der Waals surface area contributed by atoms with E-state index in [4.69, 9.17) is 4.74 Å². The van der Waals surface area contributed by atoms with Crippen molar-refractivity contribution in [3.05, 3.63) is 69.5 Å². The normalized spacial score (nSPS) is 10.1. The van der Waals surface area contributed by atoms with E-state index in [0.717, 1.165) is 6.07 Å². The minimum atomic E-state index is -0.904. The summed E-state index contributed by atoms with van der Waals surface area (Å²) in [6.45, 7) is 0.477. The number of rotatable bonds is 7. The molecule has 0 saturated carbocycles. The molecular weight excluding hydrogens is 373 g/mol. The summed E-state index contributed by atoms with van der Waals surface area (Å²) >= 11 is 0. The van der Waals surface area contributed by atoms with Crippen molar-refractivity contribution >= 4 is 29.2 Å². The Morgan fingerprint density at radius 3 is 2.61 bits per heavy atom. The van der Waals surface area contributed by atoms with Gasteiger partial charge in [-0.25, -0.2) is 4.39 Å². The Morgan fingerprint density at radius 2 is 1.93 bits per heavy atom. The standard InChI is InChI=1S/C18H16FN3O6/c1-11-5-6-15(14(19)7-11)21-16(23)10-28-17(24)9-20-18(25)12-3-2-4-13(8-12)22(26)27/h2-8H,9-10H2,1H3,(H,20,25)(H,21,23). The number of esters is 1. The van der Waals surface area contributed by atoms with Gasteiger partial charge in [0.2, 0.25) is 0 Å². The maximum atomic E-state index is 13.6. The third-order valence-corrected chi connectivity index (χ3v) is 3.48. The Morgan fingerprint density at radius 1 is 1.18 bits per heavy atom. The molecule has 2 aromatic carbocycles. The van der Waals surface area contributed by atoms with E-state index in [1.54, 1.807) is 13.0 Å². The number of amides is 2. The van der Waals surface area contributed by atoms with Crippen molar-refractivity contribution in [2.75, 3.05) is 18.5 Å². The van der Waals surface area contributed by atoms with E-state index in [-0.39, 0.29) is 16.9 Å². The van der Waals surface area contributed by atoms with Gasteiger partial charge in [0, 0.05) is 17.7 Å². The number of nitrogens with zero attached hydrogens (tertiary/aromatic N) is 1. The lowest BCUT2D eigenvalue weighted by Gasteiger charge is -2.08. The molecule has 0 fully saturated rings. The number of carbonyl (C=O) groups excluding carboxylic acids is 3. The fourth-order valence-electron chi connectivity index (χ4n) is 2.12. The third-order valence-electron chi connectivity index (χ3n) is 3.48. The molecule has 2 amide bonds. The fraction of sp³-hybridized carbons (Fsp3) is 0.167. The third kappa shape index (κ3) is 5.87. The molecule has 2 rings (SSSR count). The number of non-ortho nitro benzene ring substituents is 1. The first-order valence-corrected chi connectivity index (χ1v) is 8.00. The maximum absolute atomic E-state index is 13.6. The Kier molecular flexibility index (Phi) is 6.74. The number of anilines is 1. The van der Waals surface area contributed by atoms with E-state index in [2.05, 4.69) is 10.6 Å². The second-order valence-corrected chi connectivity index (χ2v) is 5.68. The van der Waals surface area contributed by atoms with Crippen LogP contribution in [0.4, 0.5) is 15.8 Å². The van der Waals surface area contributed by atoms with E-state index in [9.17, 15) is 28.9 Å². The molecule has 2 N–H and O–H groups in total. The number of hydrogen-bond donors (Lipinski definition) is 2. The van der Waals surface area contributed by atoms with E-state index in [0.29, 0.717) is 5.56 Å². The highest BCUT2D eigenvalue weighted by molar-refractivity contribution is 5.97. The highest BCUT2D eigenvalue weighted by atomic mass is 19.1. The predicted octanol–water partition coefficient (Wildman–Crippen LogP) is 1.95. The van der Waals surface area contributed by atoms with Gasteiger partial charge in [0.25, 0.3) is 17.5 Å². The van der Waals surface area contributed by atoms with Crippen LogP contribution in [0.1, 0.15) is 15.9 Å². The molecule has 0 radical (unpaired) electrons. The van der Waals surface area contributed by atoms with Crippen LogP contribution in [0.15, 0.2) is 42.5 Å². The minimum absolute atomic E-state index is 0.00501. The number of nitro benzene ring substituents is 1. The highest BCUT2D eigenvalue weighted by Crippen LogP contribution is 2.15. The molecule has 0 saturated heterocycles. The number of ether oxygens (including phenoxy) is 1. The topological polar surface area (TPSA) is 128 Å². The van der Waals surface area contributed by atoms with Gasteiger partial charge in [-0.3, -0.25) is 24.5 Å². The zero-order chi connectivity index (χ0) is 20.7. The lowest BCUT2D eigenvalue weighted by atomic mass is 10.2. The van der Waals surface area contributed by atoms with E-state index < -0.39 is 41.7 Å². The van der Waals surface area contributed by atoms with Crippen LogP contribution >= 0.6 is 0 Å². The summed E-state index contributed by atoms with van der Waals surface area (Å²) in [6, 6.07) is 9.19. The van der Waals surface area contributed by atoms with Crippen LogP contribution in [0.25, 0.3) is 0 Å². The summed E-state index contributed by atoms with van der Waals surface area (Å²) in [5, 5.41) is 15.2. The molecule has 0 heterocycles.